The van der Waals surface area contributed by atoms with Crippen LogP contribution in [0, 0.1) is 5.92 Å². The van der Waals surface area contributed by atoms with Gasteiger partial charge >= 0.3 is 0 Å². The summed E-state index contributed by atoms with van der Waals surface area (Å²) in [7, 11) is 3.22. The molecule has 5 nitrogen and oxygen atoms in total. The number of rotatable bonds is 7. The minimum Gasteiger partial charge on any atom is -0.497 e. The number of ether oxygens (including phenoxy) is 2. The molecule has 1 aromatic carbocycles. The number of nitrogens with one attached hydrogen (secondary N) is 2. The molecule has 0 spiro atoms. The molecule has 1 unspecified atom stereocenters. The molecule has 116 valence electrons. The molecule has 5 heteroatoms. The second-order valence-electron chi connectivity index (χ2n) is 5.35. The number of carbonyl (C=O) groups is 1. The molecule has 2 N–H and O–H groups in total. The lowest BCUT2D eigenvalue weighted by Gasteiger charge is -2.12. The number of carbonyl (C=O) groups excluding carboxylic acids is 1. The average Bonchev–Trinajstić information content (AvgIpc) is 3.00. The first-order chi connectivity index (χ1) is 10.2. The maximum absolute atomic E-state index is 12.0. The van der Waals surface area contributed by atoms with Crippen molar-refractivity contribution in [1.82, 2.24) is 10.6 Å². The molecule has 1 atom stereocenters. The van der Waals surface area contributed by atoms with Crippen molar-refractivity contribution in [3.05, 3.63) is 23.8 Å². The fourth-order valence-corrected chi connectivity index (χ4v) is 2.63. The van der Waals surface area contributed by atoms with E-state index in [9.17, 15) is 4.79 Å². The van der Waals surface area contributed by atoms with Crippen molar-refractivity contribution < 1.29 is 14.3 Å². The van der Waals surface area contributed by atoms with Crippen molar-refractivity contribution in [3.8, 4) is 11.5 Å². The Morgan fingerprint density at radius 1 is 1.38 bits per heavy atom. The molecule has 1 aliphatic heterocycles. The summed E-state index contributed by atoms with van der Waals surface area (Å²) in [5, 5.41) is 6.32. The summed E-state index contributed by atoms with van der Waals surface area (Å²) < 4.78 is 10.5. The predicted octanol–water partition coefficient (Wildman–Crippen LogP) is 1.36. The molecule has 1 saturated heterocycles. The normalized spacial score (nSPS) is 17.5. The predicted molar refractivity (Wildman–Crippen MR) is 81.9 cm³/mol. The Morgan fingerprint density at radius 2 is 2.24 bits per heavy atom. The number of benzene rings is 1. The van der Waals surface area contributed by atoms with Gasteiger partial charge in [0.1, 0.15) is 11.5 Å². The van der Waals surface area contributed by atoms with Gasteiger partial charge in [0.2, 0.25) is 5.91 Å². The molecule has 0 saturated carbocycles. The van der Waals surface area contributed by atoms with E-state index >= 15 is 0 Å². The van der Waals surface area contributed by atoms with Crippen LogP contribution in [0.1, 0.15) is 18.4 Å². The van der Waals surface area contributed by atoms with Crippen molar-refractivity contribution in [2.45, 2.75) is 19.3 Å². The molecule has 0 aromatic heterocycles. The lowest BCUT2D eigenvalue weighted by Crippen LogP contribution is -2.28. The fourth-order valence-electron chi connectivity index (χ4n) is 2.63. The molecule has 0 bridgehead atoms. The van der Waals surface area contributed by atoms with Gasteiger partial charge in [0, 0.05) is 12.1 Å². The van der Waals surface area contributed by atoms with Crippen LogP contribution < -0.4 is 20.1 Å². The summed E-state index contributed by atoms with van der Waals surface area (Å²) >= 11 is 0. The summed E-state index contributed by atoms with van der Waals surface area (Å²) in [6.45, 7) is 2.90. The van der Waals surface area contributed by atoms with Gasteiger partial charge in [-0.05, 0) is 50.0 Å². The zero-order valence-corrected chi connectivity index (χ0v) is 12.8. The minimum absolute atomic E-state index is 0.0208. The van der Waals surface area contributed by atoms with E-state index in [1.165, 1.54) is 6.42 Å². The summed E-state index contributed by atoms with van der Waals surface area (Å²) in [5.74, 6) is 2.16. The highest BCUT2D eigenvalue weighted by Crippen LogP contribution is 2.24. The molecular formula is C16H24N2O3. The van der Waals surface area contributed by atoms with E-state index < -0.39 is 0 Å². The molecular weight excluding hydrogens is 268 g/mol. The standard InChI is InChI=1S/C16H24N2O3/c1-20-14-3-4-15(21-2)13(9-14)10-16(19)18-8-6-12-5-7-17-11-12/h3-4,9,12,17H,5-8,10-11H2,1-2H3,(H,18,19). The quantitative estimate of drug-likeness (QED) is 0.797. The molecule has 0 radical (unpaired) electrons. The van der Waals surface area contributed by atoms with Crippen molar-refractivity contribution >= 4 is 5.91 Å². The van der Waals surface area contributed by atoms with Crippen molar-refractivity contribution in [2.24, 2.45) is 5.92 Å². The first-order valence-corrected chi connectivity index (χ1v) is 7.41. The number of hydrogen-bond acceptors (Lipinski definition) is 4. The third kappa shape index (κ3) is 4.63. The summed E-state index contributed by atoms with van der Waals surface area (Å²) in [4.78, 5) is 12.0. The van der Waals surface area contributed by atoms with Crippen LogP contribution in [0.25, 0.3) is 0 Å². The van der Waals surface area contributed by atoms with Gasteiger partial charge in [0.05, 0.1) is 20.6 Å². The van der Waals surface area contributed by atoms with E-state index in [0.29, 0.717) is 18.1 Å². The summed E-state index contributed by atoms with van der Waals surface area (Å²) in [5.41, 5.74) is 0.844. The Labute approximate surface area is 126 Å². The van der Waals surface area contributed by atoms with E-state index in [-0.39, 0.29) is 5.91 Å². The molecule has 0 aliphatic carbocycles. The highest BCUT2D eigenvalue weighted by atomic mass is 16.5. The van der Waals surface area contributed by atoms with Gasteiger partial charge in [-0.15, -0.1) is 0 Å². The van der Waals surface area contributed by atoms with Gasteiger partial charge in [-0.1, -0.05) is 0 Å². The first-order valence-electron chi connectivity index (χ1n) is 7.41. The Balaban J connectivity index is 1.83. The Morgan fingerprint density at radius 3 is 2.90 bits per heavy atom. The van der Waals surface area contributed by atoms with Crippen LogP contribution in [-0.4, -0.2) is 39.8 Å². The van der Waals surface area contributed by atoms with Gasteiger partial charge in [0.15, 0.2) is 0 Å². The zero-order chi connectivity index (χ0) is 15.1. The highest BCUT2D eigenvalue weighted by molar-refractivity contribution is 5.79. The maximum atomic E-state index is 12.0. The van der Waals surface area contributed by atoms with Crippen molar-refractivity contribution in [1.29, 1.82) is 0 Å². The number of amides is 1. The lowest BCUT2D eigenvalue weighted by atomic mass is 10.1. The molecule has 21 heavy (non-hydrogen) atoms. The van der Waals surface area contributed by atoms with Crippen LogP contribution in [0.4, 0.5) is 0 Å². The van der Waals surface area contributed by atoms with E-state index in [2.05, 4.69) is 10.6 Å². The van der Waals surface area contributed by atoms with E-state index in [4.69, 9.17) is 9.47 Å². The van der Waals surface area contributed by atoms with E-state index in [1.807, 2.05) is 18.2 Å². The highest BCUT2D eigenvalue weighted by Gasteiger charge is 2.15. The second kappa shape index (κ2) is 7.88. The van der Waals surface area contributed by atoms with Crippen LogP contribution in [0.5, 0.6) is 11.5 Å². The third-order valence-corrected chi connectivity index (χ3v) is 3.88. The largest absolute Gasteiger partial charge is 0.497 e. The van der Waals surface area contributed by atoms with Crippen LogP contribution >= 0.6 is 0 Å². The third-order valence-electron chi connectivity index (χ3n) is 3.88. The number of hydrogen-bond donors (Lipinski definition) is 2. The Bertz CT molecular complexity index is 471. The van der Waals surface area contributed by atoms with Crippen LogP contribution in [0.15, 0.2) is 18.2 Å². The SMILES string of the molecule is COc1ccc(OC)c(CC(=O)NCCC2CCNC2)c1. The van der Waals surface area contributed by atoms with Gasteiger partial charge in [0.25, 0.3) is 0 Å². The molecule has 1 aromatic rings. The monoisotopic (exact) mass is 292 g/mol. The van der Waals surface area contributed by atoms with Gasteiger partial charge < -0.3 is 20.1 Å². The molecule has 2 rings (SSSR count). The molecule has 1 heterocycles. The topological polar surface area (TPSA) is 59.6 Å². The maximum Gasteiger partial charge on any atom is 0.224 e. The second-order valence-corrected chi connectivity index (χ2v) is 5.35. The van der Waals surface area contributed by atoms with Crippen LogP contribution in [0.2, 0.25) is 0 Å². The minimum atomic E-state index is 0.0208. The first kappa shape index (κ1) is 15.6. The molecule has 1 amide bonds. The summed E-state index contributed by atoms with van der Waals surface area (Å²) in [6, 6.07) is 5.50. The molecule has 1 aliphatic rings. The Hall–Kier alpha value is -1.75. The average molecular weight is 292 g/mol. The van der Waals surface area contributed by atoms with Gasteiger partial charge in [-0.2, -0.15) is 0 Å². The lowest BCUT2D eigenvalue weighted by molar-refractivity contribution is -0.120. The number of methoxy groups -OCH3 is 2. The van der Waals surface area contributed by atoms with Crippen LogP contribution in [0.3, 0.4) is 0 Å². The zero-order valence-electron chi connectivity index (χ0n) is 12.8. The fraction of sp³-hybridized carbons (Fsp3) is 0.562. The molecule has 1 fully saturated rings. The van der Waals surface area contributed by atoms with Crippen LogP contribution in [-0.2, 0) is 11.2 Å². The van der Waals surface area contributed by atoms with Crippen molar-refractivity contribution in [2.75, 3.05) is 33.9 Å². The van der Waals surface area contributed by atoms with E-state index in [0.717, 1.165) is 37.4 Å². The van der Waals surface area contributed by atoms with Crippen molar-refractivity contribution in [3.63, 3.8) is 0 Å². The smallest absolute Gasteiger partial charge is 0.224 e. The Kier molecular flexibility index (Phi) is 5.87. The van der Waals surface area contributed by atoms with E-state index in [1.54, 1.807) is 14.2 Å². The summed E-state index contributed by atoms with van der Waals surface area (Å²) in [6.07, 6.45) is 2.55. The van der Waals surface area contributed by atoms with Gasteiger partial charge in [-0.3, -0.25) is 4.79 Å². The van der Waals surface area contributed by atoms with Gasteiger partial charge in [-0.25, -0.2) is 0 Å².